The Morgan fingerprint density at radius 3 is 2.44 bits per heavy atom. The van der Waals surface area contributed by atoms with Crippen LogP contribution < -0.4 is 14.8 Å². The van der Waals surface area contributed by atoms with Gasteiger partial charge in [0.1, 0.15) is 0 Å². The molecule has 0 fully saturated rings. The highest BCUT2D eigenvalue weighted by atomic mass is 35.5. The number of hydrogen-bond donors (Lipinski definition) is 1. The minimum absolute atomic E-state index is 0.0262. The molecule has 0 radical (unpaired) electrons. The standard InChI is InChI=1S/C23H18ClF3N4O3/c1-12-4-6-14(24)9-15(12)29-22(32)17-11-21-28-16(10-20(23(25,26)27)31(21)30-17)13-5-7-18(33-2)19(8-13)34-3/h4-11H,1-3H3,(H,29,32). The molecule has 4 aromatic rings. The van der Waals surface area contributed by atoms with Gasteiger partial charge in [-0.2, -0.15) is 18.3 Å². The van der Waals surface area contributed by atoms with Crippen molar-refractivity contribution in [2.75, 3.05) is 19.5 Å². The lowest BCUT2D eigenvalue weighted by molar-refractivity contribution is -0.142. The van der Waals surface area contributed by atoms with Crippen LogP contribution in [0.4, 0.5) is 18.9 Å². The molecular formula is C23H18ClF3N4O3. The van der Waals surface area contributed by atoms with Crippen LogP contribution >= 0.6 is 11.6 Å². The van der Waals surface area contributed by atoms with Gasteiger partial charge in [-0.05, 0) is 48.9 Å². The van der Waals surface area contributed by atoms with E-state index in [9.17, 15) is 18.0 Å². The topological polar surface area (TPSA) is 77.8 Å². The second kappa shape index (κ2) is 8.86. The zero-order valence-corrected chi connectivity index (χ0v) is 19.0. The SMILES string of the molecule is COc1ccc(-c2cc(C(F)(F)F)n3nc(C(=O)Nc4cc(Cl)ccc4C)cc3n2)cc1OC. The van der Waals surface area contributed by atoms with Gasteiger partial charge in [0.15, 0.2) is 28.5 Å². The molecule has 0 saturated carbocycles. The molecule has 7 nitrogen and oxygen atoms in total. The second-order valence-corrected chi connectivity index (χ2v) is 7.74. The predicted octanol–water partition coefficient (Wildman–Crippen LogP) is 5.65. The number of anilines is 1. The summed E-state index contributed by atoms with van der Waals surface area (Å²) in [5.74, 6) is 0.0559. The van der Waals surface area contributed by atoms with Crippen LogP contribution in [-0.2, 0) is 6.18 Å². The maximum Gasteiger partial charge on any atom is 0.433 e. The number of carbonyl (C=O) groups excluding carboxylic acids is 1. The molecule has 0 unspecified atom stereocenters. The van der Waals surface area contributed by atoms with Gasteiger partial charge in [0.25, 0.3) is 5.91 Å². The van der Waals surface area contributed by atoms with Gasteiger partial charge in [-0.3, -0.25) is 4.79 Å². The van der Waals surface area contributed by atoms with Crippen molar-refractivity contribution in [2.24, 2.45) is 0 Å². The maximum atomic E-state index is 13.9. The van der Waals surface area contributed by atoms with E-state index >= 15 is 0 Å². The number of aromatic nitrogens is 3. The zero-order chi connectivity index (χ0) is 24.6. The Morgan fingerprint density at radius 1 is 1.03 bits per heavy atom. The highest BCUT2D eigenvalue weighted by Crippen LogP contribution is 2.35. The number of ether oxygens (including phenoxy) is 2. The highest BCUT2D eigenvalue weighted by Gasteiger charge is 2.35. The maximum absolute atomic E-state index is 13.9. The van der Waals surface area contributed by atoms with Gasteiger partial charge < -0.3 is 14.8 Å². The zero-order valence-electron chi connectivity index (χ0n) is 18.2. The number of carbonyl (C=O) groups is 1. The molecule has 2 aromatic heterocycles. The monoisotopic (exact) mass is 490 g/mol. The van der Waals surface area contributed by atoms with Crippen molar-refractivity contribution in [3.05, 3.63) is 70.5 Å². The van der Waals surface area contributed by atoms with E-state index in [1.165, 1.54) is 26.4 Å². The summed E-state index contributed by atoms with van der Waals surface area (Å²) >= 11 is 5.97. The normalized spacial score (nSPS) is 11.5. The molecule has 2 aromatic carbocycles. The van der Waals surface area contributed by atoms with Crippen molar-refractivity contribution in [1.29, 1.82) is 0 Å². The van der Waals surface area contributed by atoms with E-state index in [0.717, 1.165) is 11.6 Å². The van der Waals surface area contributed by atoms with E-state index < -0.39 is 17.8 Å². The quantitative estimate of drug-likeness (QED) is 0.391. The van der Waals surface area contributed by atoms with Crippen molar-refractivity contribution in [1.82, 2.24) is 14.6 Å². The number of nitrogens with one attached hydrogen (secondary N) is 1. The van der Waals surface area contributed by atoms with Gasteiger partial charge >= 0.3 is 6.18 Å². The summed E-state index contributed by atoms with van der Waals surface area (Å²) in [5, 5.41) is 6.89. The van der Waals surface area contributed by atoms with Crippen molar-refractivity contribution >= 4 is 28.8 Å². The first kappa shape index (κ1) is 23.4. The molecule has 0 atom stereocenters. The summed E-state index contributed by atoms with van der Waals surface area (Å²) in [5.41, 5.74) is 0.0799. The van der Waals surface area contributed by atoms with Gasteiger partial charge in [-0.25, -0.2) is 9.50 Å². The Balaban J connectivity index is 1.80. The lowest BCUT2D eigenvalue weighted by atomic mass is 10.1. The summed E-state index contributed by atoms with van der Waals surface area (Å²) in [6.07, 6.45) is -4.75. The lowest BCUT2D eigenvalue weighted by Gasteiger charge is -2.12. The fourth-order valence-electron chi connectivity index (χ4n) is 3.35. The van der Waals surface area contributed by atoms with Crippen molar-refractivity contribution < 1.29 is 27.4 Å². The molecule has 4 rings (SSSR count). The Bertz CT molecular complexity index is 1400. The third kappa shape index (κ3) is 4.49. The largest absolute Gasteiger partial charge is 0.493 e. The molecule has 0 aliphatic carbocycles. The average Bonchev–Trinajstić information content (AvgIpc) is 3.24. The molecular weight excluding hydrogens is 473 g/mol. The molecule has 11 heteroatoms. The highest BCUT2D eigenvalue weighted by molar-refractivity contribution is 6.31. The fourth-order valence-corrected chi connectivity index (χ4v) is 3.52. The molecule has 0 aliphatic rings. The number of hydrogen-bond acceptors (Lipinski definition) is 5. The summed E-state index contributed by atoms with van der Waals surface area (Å²) < 4.78 is 52.7. The first-order valence-corrected chi connectivity index (χ1v) is 10.3. The van der Waals surface area contributed by atoms with Crippen LogP contribution in [0.2, 0.25) is 5.02 Å². The Kier molecular flexibility index (Phi) is 6.09. The van der Waals surface area contributed by atoms with Crippen molar-refractivity contribution in [3.8, 4) is 22.8 Å². The average molecular weight is 491 g/mol. The minimum atomic E-state index is -4.75. The molecule has 1 amide bonds. The fraction of sp³-hybridized carbons (Fsp3) is 0.174. The molecule has 1 N–H and O–H groups in total. The van der Waals surface area contributed by atoms with E-state index in [4.69, 9.17) is 21.1 Å². The van der Waals surface area contributed by atoms with E-state index in [0.29, 0.717) is 32.3 Å². The van der Waals surface area contributed by atoms with Crippen LogP contribution in [0, 0.1) is 6.92 Å². The number of halogens is 4. The van der Waals surface area contributed by atoms with Crippen LogP contribution in [0.3, 0.4) is 0 Å². The number of fused-ring (bicyclic) bond motifs is 1. The first-order valence-electron chi connectivity index (χ1n) is 9.88. The number of rotatable bonds is 5. The van der Waals surface area contributed by atoms with E-state index in [-0.39, 0.29) is 17.0 Å². The predicted molar refractivity (Wildman–Crippen MR) is 121 cm³/mol. The van der Waals surface area contributed by atoms with Crippen molar-refractivity contribution in [2.45, 2.75) is 13.1 Å². The number of alkyl halides is 3. The Labute approximate surface area is 197 Å². The van der Waals surface area contributed by atoms with Gasteiger partial charge in [0.2, 0.25) is 0 Å². The van der Waals surface area contributed by atoms with Gasteiger partial charge in [-0.15, -0.1) is 0 Å². The molecule has 0 saturated heterocycles. The third-order valence-electron chi connectivity index (χ3n) is 5.08. The van der Waals surface area contributed by atoms with Crippen LogP contribution in [0.5, 0.6) is 11.5 Å². The van der Waals surface area contributed by atoms with Crippen molar-refractivity contribution in [3.63, 3.8) is 0 Å². The Morgan fingerprint density at radius 2 is 1.76 bits per heavy atom. The van der Waals surface area contributed by atoms with Gasteiger partial charge in [0, 0.05) is 22.3 Å². The smallest absolute Gasteiger partial charge is 0.433 e. The van der Waals surface area contributed by atoms with E-state index in [1.807, 2.05) is 0 Å². The number of amides is 1. The van der Waals surface area contributed by atoms with E-state index in [2.05, 4.69) is 15.4 Å². The van der Waals surface area contributed by atoms with Crippen LogP contribution in [-0.4, -0.2) is 34.7 Å². The minimum Gasteiger partial charge on any atom is -0.493 e. The molecule has 176 valence electrons. The Hall–Kier alpha value is -3.79. The lowest BCUT2D eigenvalue weighted by Crippen LogP contribution is -2.16. The third-order valence-corrected chi connectivity index (χ3v) is 5.31. The molecule has 0 aliphatic heterocycles. The first-order chi connectivity index (χ1) is 16.1. The molecule has 2 heterocycles. The van der Waals surface area contributed by atoms with Gasteiger partial charge in [0.05, 0.1) is 19.9 Å². The van der Waals surface area contributed by atoms with Crippen LogP contribution in [0.1, 0.15) is 21.7 Å². The summed E-state index contributed by atoms with van der Waals surface area (Å²) in [6, 6.07) is 11.6. The second-order valence-electron chi connectivity index (χ2n) is 7.31. The molecule has 0 spiro atoms. The summed E-state index contributed by atoms with van der Waals surface area (Å²) in [7, 11) is 2.87. The molecule has 0 bridgehead atoms. The summed E-state index contributed by atoms with van der Waals surface area (Å²) in [4.78, 5) is 17.0. The number of aryl methyl sites for hydroxylation is 1. The number of methoxy groups -OCH3 is 2. The van der Waals surface area contributed by atoms with E-state index in [1.54, 1.807) is 37.3 Å². The van der Waals surface area contributed by atoms with Gasteiger partial charge in [-0.1, -0.05) is 17.7 Å². The molecule has 34 heavy (non-hydrogen) atoms. The number of nitrogens with zero attached hydrogens (tertiary/aromatic N) is 3. The number of benzene rings is 2. The van der Waals surface area contributed by atoms with Crippen LogP contribution in [0.15, 0.2) is 48.5 Å². The summed E-state index contributed by atoms with van der Waals surface area (Å²) in [6.45, 7) is 1.76. The van der Waals surface area contributed by atoms with Crippen LogP contribution in [0.25, 0.3) is 16.9 Å².